The lowest BCUT2D eigenvalue weighted by Crippen LogP contribution is -2.47. The number of amides is 1. The first-order chi connectivity index (χ1) is 11.2. The van der Waals surface area contributed by atoms with Crippen molar-refractivity contribution in [1.82, 2.24) is 24.8 Å². The summed E-state index contributed by atoms with van der Waals surface area (Å²) < 4.78 is 2.01. The molecule has 3 rings (SSSR count). The molecular formula is C17H25N5O. The van der Waals surface area contributed by atoms with Crippen LogP contribution in [0, 0.1) is 6.92 Å². The molecule has 0 atom stereocenters. The second-order valence-corrected chi connectivity index (χ2v) is 6.20. The van der Waals surface area contributed by atoms with Crippen LogP contribution in [0.1, 0.15) is 31.2 Å². The zero-order valence-corrected chi connectivity index (χ0v) is 14.0. The van der Waals surface area contributed by atoms with Crippen molar-refractivity contribution in [1.29, 1.82) is 0 Å². The second kappa shape index (κ2) is 7.08. The molecule has 6 heteroatoms. The van der Waals surface area contributed by atoms with Gasteiger partial charge in [0.25, 0.3) is 0 Å². The molecule has 0 aromatic carbocycles. The highest BCUT2D eigenvalue weighted by Crippen LogP contribution is 2.17. The first-order valence-electron chi connectivity index (χ1n) is 8.49. The Kier molecular flexibility index (Phi) is 4.91. The molecule has 1 amide bonds. The second-order valence-electron chi connectivity index (χ2n) is 6.20. The Morgan fingerprint density at radius 3 is 2.87 bits per heavy atom. The highest BCUT2D eigenvalue weighted by molar-refractivity contribution is 5.79. The van der Waals surface area contributed by atoms with Gasteiger partial charge in [-0.05, 0) is 25.0 Å². The number of imidazole rings is 1. The fourth-order valence-electron chi connectivity index (χ4n) is 3.00. The molecule has 124 valence electrons. The minimum absolute atomic E-state index is 0.158. The zero-order valence-electron chi connectivity index (χ0n) is 14.0. The normalized spacial score (nSPS) is 15.3. The molecule has 0 bridgehead atoms. The molecule has 2 aromatic rings. The van der Waals surface area contributed by atoms with Gasteiger partial charge in [0.2, 0.25) is 5.91 Å². The molecule has 0 aliphatic carbocycles. The van der Waals surface area contributed by atoms with Gasteiger partial charge in [-0.2, -0.15) is 0 Å². The molecule has 3 heterocycles. The molecule has 0 spiro atoms. The van der Waals surface area contributed by atoms with Gasteiger partial charge in [-0.25, -0.2) is 9.97 Å². The molecule has 0 saturated carbocycles. The number of hydrogen-bond acceptors (Lipinski definition) is 4. The lowest BCUT2D eigenvalue weighted by atomic mass is 10.2. The smallest absolute Gasteiger partial charge is 0.242 e. The number of hydrogen-bond donors (Lipinski definition) is 1. The van der Waals surface area contributed by atoms with Gasteiger partial charge in [-0.3, -0.25) is 4.79 Å². The van der Waals surface area contributed by atoms with E-state index in [9.17, 15) is 4.79 Å². The molecule has 1 aliphatic rings. The summed E-state index contributed by atoms with van der Waals surface area (Å²) in [4.78, 5) is 23.8. The van der Waals surface area contributed by atoms with Crippen LogP contribution < -0.4 is 5.32 Å². The van der Waals surface area contributed by atoms with Gasteiger partial charge in [-0.15, -0.1) is 0 Å². The van der Waals surface area contributed by atoms with Crippen LogP contribution in [-0.2, 0) is 17.8 Å². The summed E-state index contributed by atoms with van der Waals surface area (Å²) in [6, 6.07) is 2.05. The Balaban J connectivity index is 1.88. The summed E-state index contributed by atoms with van der Waals surface area (Å²) in [6.07, 6.45) is 4.92. The zero-order chi connectivity index (χ0) is 16.2. The predicted octanol–water partition coefficient (Wildman–Crippen LogP) is 1.51. The van der Waals surface area contributed by atoms with Crippen LogP contribution in [0.25, 0.3) is 11.2 Å². The lowest BCUT2D eigenvalue weighted by molar-refractivity contribution is -0.132. The Morgan fingerprint density at radius 1 is 1.35 bits per heavy atom. The molecule has 6 nitrogen and oxygen atoms in total. The highest BCUT2D eigenvalue weighted by Gasteiger charge is 2.20. The fourth-order valence-corrected chi connectivity index (χ4v) is 3.00. The maximum atomic E-state index is 12.6. The minimum atomic E-state index is 0.158. The van der Waals surface area contributed by atoms with Crippen LogP contribution in [0.4, 0.5) is 0 Å². The molecule has 0 unspecified atom stereocenters. The van der Waals surface area contributed by atoms with E-state index >= 15 is 0 Å². The molecule has 23 heavy (non-hydrogen) atoms. The third-order valence-electron chi connectivity index (χ3n) is 4.32. The van der Waals surface area contributed by atoms with E-state index in [0.717, 1.165) is 68.0 Å². The van der Waals surface area contributed by atoms with Crippen LogP contribution in [0.2, 0.25) is 0 Å². The van der Waals surface area contributed by atoms with Gasteiger partial charge in [0.05, 0.1) is 0 Å². The van der Waals surface area contributed by atoms with E-state index < -0.39 is 0 Å². The molecule has 1 aliphatic heterocycles. The standard InChI is InChI=1S/C17H25N5O/c1-3-4-5-15-20-14-10-13(2)11-19-17(14)22(15)12-16(23)21-8-6-18-7-9-21/h10-11,18H,3-9,12H2,1-2H3. The number of fused-ring (bicyclic) bond motifs is 1. The number of carbonyl (C=O) groups is 1. The number of rotatable bonds is 5. The van der Waals surface area contributed by atoms with Crippen molar-refractivity contribution in [3.63, 3.8) is 0 Å². The van der Waals surface area contributed by atoms with E-state index in [2.05, 4.69) is 17.2 Å². The van der Waals surface area contributed by atoms with Crippen LogP contribution in [0.15, 0.2) is 12.3 Å². The van der Waals surface area contributed by atoms with Crippen molar-refractivity contribution in [2.24, 2.45) is 0 Å². The van der Waals surface area contributed by atoms with Crippen LogP contribution in [-0.4, -0.2) is 51.5 Å². The van der Waals surface area contributed by atoms with Crippen molar-refractivity contribution < 1.29 is 4.79 Å². The van der Waals surface area contributed by atoms with Crippen molar-refractivity contribution in [3.8, 4) is 0 Å². The molecular weight excluding hydrogens is 290 g/mol. The molecule has 0 radical (unpaired) electrons. The van der Waals surface area contributed by atoms with Crippen molar-refractivity contribution >= 4 is 17.1 Å². The van der Waals surface area contributed by atoms with E-state index in [1.165, 1.54) is 0 Å². The average Bonchev–Trinajstić information content (AvgIpc) is 2.90. The third kappa shape index (κ3) is 3.52. The van der Waals surface area contributed by atoms with Gasteiger partial charge in [0, 0.05) is 38.8 Å². The minimum Gasteiger partial charge on any atom is -0.339 e. The van der Waals surface area contributed by atoms with Gasteiger partial charge < -0.3 is 14.8 Å². The summed E-state index contributed by atoms with van der Waals surface area (Å²) in [7, 11) is 0. The van der Waals surface area contributed by atoms with E-state index in [1.54, 1.807) is 0 Å². The summed E-state index contributed by atoms with van der Waals surface area (Å²) in [5.41, 5.74) is 2.81. The summed E-state index contributed by atoms with van der Waals surface area (Å²) in [6.45, 7) is 7.83. The highest BCUT2D eigenvalue weighted by atomic mass is 16.2. The lowest BCUT2D eigenvalue weighted by Gasteiger charge is -2.27. The Hall–Kier alpha value is -1.95. The number of carbonyl (C=O) groups excluding carboxylic acids is 1. The Labute approximate surface area is 136 Å². The summed E-state index contributed by atoms with van der Waals surface area (Å²) in [5.74, 6) is 1.13. The maximum Gasteiger partial charge on any atom is 0.242 e. The molecule has 2 aromatic heterocycles. The van der Waals surface area contributed by atoms with E-state index in [1.807, 2.05) is 28.7 Å². The van der Waals surface area contributed by atoms with Crippen LogP contribution in [0.5, 0.6) is 0 Å². The van der Waals surface area contributed by atoms with Gasteiger partial charge in [0.1, 0.15) is 17.9 Å². The van der Waals surface area contributed by atoms with E-state index in [4.69, 9.17) is 4.98 Å². The largest absolute Gasteiger partial charge is 0.339 e. The SMILES string of the molecule is CCCCc1nc2cc(C)cnc2n1CC(=O)N1CCNCC1. The van der Waals surface area contributed by atoms with Gasteiger partial charge >= 0.3 is 0 Å². The van der Waals surface area contributed by atoms with Crippen LogP contribution >= 0.6 is 0 Å². The van der Waals surface area contributed by atoms with Crippen molar-refractivity contribution in [2.45, 2.75) is 39.7 Å². The third-order valence-corrected chi connectivity index (χ3v) is 4.32. The molecule has 1 saturated heterocycles. The molecule has 1 fully saturated rings. The fraction of sp³-hybridized carbons (Fsp3) is 0.588. The summed E-state index contributed by atoms with van der Waals surface area (Å²) in [5, 5.41) is 3.28. The Bertz CT molecular complexity index is 688. The predicted molar refractivity (Wildman–Crippen MR) is 90.3 cm³/mol. The average molecular weight is 315 g/mol. The number of aryl methyl sites for hydroxylation is 2. The number of pyridine rings is 1. The number of nitrogens with one attached hydrogen (secondary N) is 1. The topological polar surface area (TPSA) is 63.1 Å². The summed E-state index contributed by atoms with van der Waals surface area (Å²) >= 11 is 0. The first kappa shape index (κ1) is 15.9. The number of piperazine rings is 1. The first-order valence-corrected chi connectivity index (χ1v) is 8.49. The van der Waals surface area contributed by atoms with E-state index in [-0.39, 0.29) is 5.91 Å². The van der Waals surface area contributed by atoms with Crippen molar-refractivity contribution in [3.05, 3.63) is 23.7 Å². The Morgan fingerprint density at radius 2 is 2.13 bits per heavy atom. The van der Waals surface area contributed by atoms with Crippen molar-refractivity contribution in [2.75, 3.05) is 26.2 Å². The van der Waals surface area contributed by atoms with E-state index in [0.29, 0.717) is 6.54 Å². The quantitative estimate of drug-likeness (QED) is 0.908. The van der Waals surface area contributed by atoms with Gasteiger partial charge in [0.15, 0.2) is 5.65 Å². The monoisotopic (exact) mass is 315 g/mol. The van der Waals surface area contributed by atoms with Crippen LogP contribution in [0.3, 0.4) is 0 Å². The molecule has 1 N–H and O–H groups in total. The number of unbranched alkanes of at least 4 members (excludes halogenated alkanes) is 1. The number of nitrogens with zero attached hydrogens (tertiary/aromatic N) is 4. The maximum absolute atomic E-state index is 12.6. The van der Waals surface area contributed by atoms with Gasteiger partial charge in [-0.1, -0.05) is 13.3 Å². The number of aromatic nitrogens is 3.